The molecular formula is C23H30N6O2S. The zero-order valence-corrected chi connectivity index (χ0v) is 19.9. The van der Waals surface area contributed by atoms with Gasteiger partial charge >= 0.3 is 0 Å². The number of aromatic nitrogens is 4. The van der Waals surface area contributed by atoms with E-state index in [9.17, 15) is 8.42 Å². The Balaban J connectivity index is 1.50. The van der Waals surface area contributed by atoms with Crippen LogP contribution in [0.15, 0.2) is 30.9 Å². The number of anilines is 1. The lowest BCUT2D eigenvalue weighted by Crippen LogP contribution is -2.52. The van der Waals surface area contributed by atoms with Gasteiger partial charge in [-0.2, -0.15) is 4.31 Å². The van der Waals surface area contributed by atoms with Gasteiger partial charge in [-0.1, -0.05) is 0 Å². The van der Waals surface area contributed by atoms with Crippen LogP contribution in [-0.2, 0) is 23.0 Å². The van der Waals surface area contributed by atoms with Gasteiger partial charge in [0.15, 0.2) is 0 Å². The smallest absolute Gasteiger partial charge is 0.211 e. The lowest BCUT2D eigenvalue weighted by Gasteiger charge is -2.44. The first-order valence-corrected chi connectivity index (χ1v) is 13.0. The molecule has 5 heterocycles. The lowest BCUT2D eigenvalue weighted by atomic mass is 9.80. The molecule has 3 aromatic heterocycles. The molecule has 2 aliphatic rings. The number of pyridine rings is 1. The molecule has 0 amide bonds. The Kier molecular flexibility index (Phi) is 5.01. The van der Waals surface area contributed by atoms with E-state index >= 15 is 0 Å². The molecule has 170 valence electrons. The largest absolute Gasteiger partial charge is 0.363 e. The highest BCUT2D eigenvalue weighted by Crippen LogP contribution is 2.41. The molecule has 0 bridgehead atoms. The summed E-state index contributed by atoms with van der Waals surface area (Å²) in [7, 11) is -3.24. The van der Waals surface area contributed by atoms with E-state index in [-0.39, 0.29) is 5.92 Å². The fraction of sp³-hybridized carbons (Fsp3) is 0.522. The average Bonchev–Trinajstić information content (AvgIpc) is 3.20. The molecule has 0 aliphatic carbocycles. The second-order valence-electron chi connectivity index (χ2n) is 9.77. The van der Waals surface area contributed by atoms with Crippen LogP contribution >= 0.6 is 0 Å². The highest BCUT2D eigenvalue weighted by Gasteiger charge is 2.42. The molecule has 0 spiro atoms. The third kappa shape index (κ3) is 3.57. The Labute approximate surface area is 189 Å². The standard InChI is InChI=1S/C23H30N6O2S/c1-15-11-19-18(13-28(15)20-6-9-25-22-17(20)5-8-24-22)21(27-14-26-19)16-7-10-29(32(4,30)31)23(2,3)12-16/h5-6,8-9,14-16H,7,10-13H2,1-4H3,(H,24,25)/t15-,16-/m1/s1. The molecule has 0 saturated carbocycles. The lowest BCUT2D eigenvalue weighted by molar-refractivity contribution is 0.152. The maximum Gasteiger partial charge on any atom is 0.211 e. The van der Waals surface area contributed by atoms with E-state index in [0.717, 1.165) is 53.9 Å². The van der Waals surface area contributed by atoms with Crippen molar-refractivity contribution in [2.75, 3.05) is 17.7 Å². The van der Waals surface area contributed by atoms with Crippen LogP contribution in [0.1, 0.15) is 56.5 Å². The minimum absolute atomic E-state index is 0.208. The number of hydrogen-bond donors (Lipinski definition) is 1. The van der Waals surface area contributed by atoms with Crippen molar-refractivity contribution in [3.8, 4) is 0 Å². The van der Waals surface area contributed by atoms with Crippen molar-refractivity contribution in [3.05, 3.63) is 47.8 Å². The molecule has 9 heteroatoms. The van der Waals surface area contributed by atoms with Gasteiger partial charge in [-0.05, 0) is 45.7 Å². The third-order valence-corrected chi connectivity index (χ3v) is 8.53. The minimum Gasteiger partial charge on any atom is -0.363 e. The van der Waals surface area contributed by atoms with Crippen LogP contribution in [0.25, 0.3) is 11.0 Å². The monoisotopic (exact) mass is 454 g/mol. The first kappa shape index (κ1) is 21.3. The van der Waals surface area contributed by atoms with E-state index in [0.29, 0.717) is 12.6 Å². The fourth-order valence-electron chi connectivity index (χ4n) is 5.63. The summed E-state index contributed by atoms with van der Waals surface area (Å²) in [5.41, 5.74) is 4.99. The number of nitrogens with zero attached hydrogens (tertiary/aromatic N) is 5. The Bertz CT molecular complexity index is 1270. The molecule has 1 fully saturated rings. The number of sulfonamides is 1. The van der Waals surface area contributed by atoms with Crippen LogP contribution in [0, 0.1) is 0 Å². The number of aromatic amines is 1. The summed E-state index contributed by atoms with van der Waals surface area (Å²) < 4.78 is 26.2. The van der Waals surface area contributed by atoms with Crippen molar-refractivity contribution in [1.29, 1.82) is 0 Å². The molecule has 2 aliphatic heterocycles. The minimum atomic E-state index is -3.24. The van der Waals surface area contributed by atoms with Crippen LogP contribution in [0.4, 0.5) is 5.69 Å². The number of rotatable bonds is 3. The Hall–Kier alpha value is -2.52. The van der Waals surface area contributed by atoms with Gasteiger partial charge in [-0.25, -0.2) is 23.4 Å². The van der Waals surface area contributed by atoms with E-state index in [1.807, 2.05) is 26.2 Å². The van der Waals surface area contributed by atoms with E-state index in [4.69, 9.17) is 4.98 Å². The highest BCUT2D eigenvalue weighted by atomic mass is 32.2. The summed E-state index contributed by atoms with van der Waals surface area (Å²) in [6.07, 6.45) is 9.13. The van der Waals surface area contributed by atoms with Crippen LogP contribution < -0.4 is 4.90 Å². The van der Waals surface area contributed by atoms with Gasteiger partial charge in [0.25, 0.3) is 0 Å². The third-order valence-electron chi connectivity index (χ3n) is 7.05. The molecule has 0 aromatic carbocycles. The van der Waals surface area contributed by atoms with E-state index in [1.165, 1.54) is 11.8 Å². The second-order valence-corrected chi connectivity index (χ2v) is 11.7. The molecule has 0 unspecified atom stereocenters. The molecule has 0 radical (unpaired) electrons. The van der Waals surface area contributed by atoms with Gasteiger partial charge < -0.3 is 9.88 Å². The van der Waals surface area contributed by atoms with Gasteiger partial charge in [-0.3, -0.25) is 0 Å². The van der Waals surface area contributed by atoms with Crippen LogP contribution in [-0.4, -0.2) is 57.0 Å². The zero-order chi connectivity index (χ0) is 22.7. The summed E-state index contributed by atoms with van der Waals surface area (Å²) >= 11 is 0. The van der Waals surface area contributed by atoms with E-state index in [2.05, 4.69) is 38.9 Å². The van der Waals surface area contributed by atoms with Crippen molar-refractivity contribution in [1.82, 2.24) is 24.2 Å². The Morgan fingerprint density at radius 2 is 2.00 bits per heavy atom. The molecule has 32 heavy (non-hydrogen) atoms. The molecule has 3 aromatic rings. The fourth-order valence-corrected chi connectivity index (χ4v) is 7.04. The van der Waals surface area contributed by atoms with Gasteiger partial charge in [-0.15, -0.1) is 0 Å². The summed E-state index contributed by atoms with van der Waals surface area (Å²) in [5, 5.41) is 1.11. The van der Waals surface area contributed by atoms with Gasteiger partial charge in [0, 0.05) is 66.0 Å². The van der Waals surface area contributed by atoms with Crippen LogP contribution in [0.3, 0.4) is 0 Å². The molecule has 5 rings (SSSR count). The molecule has 2 atom stereocenters. The van der Waals surface area contributed by atoms with Crippen molar-refractivity contribution >= 4 is 26.7 Å². The van der Waals surface area contributed by atoms with Crippen molar-refractivity contribution in [2.24, 2.45) is 0 Å². The number of nitrogens with one attached hydrogen (secondary N) is 1. The second kappa shape index (κ2) is 7.52. The number of hydrogen-bond acceptors (Lipinski definition) is 6. The number of piperidine rings is 1. The highest BCUT2D eigenvalue weighted by molar-refractivity contribution is 7.88. The van der Waals surface area contributed by atoms with Gasteiger partial charge in [0.05, 0.1) is 17.6 Å². The summed E-state index contributed by atoms with van der Waals surface area (Å²) in [6.45, 7) is 7.52. The SMILES string of the molecule is C[C@@H]1Cc2ncnc([C@@H]3CCN(S(C)(=O)=O)C(C)(C)C3)c2CN1c1ccnc2[nH]ccc12. The first-order chi connectivity index (χ1) is 15.1. The quantitative estimate of drug-likeness (QED) is 0.653. The molecule has 1 N–H and O–H groups in total. The summed E-state index contributed by atoms with van der Waals surface area (Å²) in [4.78, 5) is 19.4. The van der Waals surface area contributed by atoms with Gasteiger partial charge in [0.1, 0.15) is 12.0 Å². The van der Waals surface area contributed by atoms with Crippen molar-refractivity contribution in [2.45, 2.75) is 64.1 Å². The molecular weight excluding hydrogens is 424 g/mol. The molecule has 8 nitrogen and oxygen atoms in total. The Morgan fingerprint density at radius 1 is 1.19 bits per heavy atom. The number of fused-ring (bicyclic) bond motifs is 2. The maximum atomic E-state index is 12.3. The van der Waals surface area contributed by atoms with Crippen LogP contribution in [0.2, 0.25) is 0 Å². The number of H-pyrrole nitrogens is 1. The zero-order valence-electron chi connectivity index (χ0n) is 19.0. The Morgan fingerprint density at radius 3 is 2.75 bits per heavy atom. The average molecular weight is 455 g/mol. The maximum absolute atomic E-state index is 12.3. The summed E-state index contributed by atoms with van der Waals surface area (Å²) in [6, 6.07) is 4.45. The topological polar surface area (TPSA) is 95.1 Å². The molecule has 1 saturated heterocycles. The van der Waals surface area contributed by atoms with Gasteiger partial charge in [0.2, 0.25) is 10.0 Å². The first-order valence-electron chi connectivity index (χ1n) is 11.1. The predicted octanol–water partition coefficient (Wildman–Crippen LogP) is 3.22. The van der Waals surface area contributed by atoms with E-state index < -0.39 is 15.6 Å². The van der Waals surface area contributed by atoms with E-state index in [1.54, 1.807) is 10.6 Å². The van der Waals surface area contributed by atoms with Crippen molar-refractivity contribution in [3.63, 3.8) is 0 Å². The van der Waals surface area contributed by atoms with Crippen molar-refractivity contribution < 1.29 is 8.42 Å². The summed E-state index contributed by atoms with van der Waals surface area (Å²) in [5.74, 6) is 0.208. The normalized spacial score (nSPS) is 23.9. The van der Waals surface area contributed by atoms with Crippen LogP contribution in [0.5, 0.6) is 0 Å². The predicted molar refractivity (Wildman–Crippen MR) is 125 cm³/mol.